The summed E-state index contributed by atoms with van der Waals surface area (Å²) in [5.41, 5.74) is 0. The highest BCUT2D eigenvalue weighted by Crippen LogP contribution is 2.35. The third-order valence-electron chi connectivity index (χ3n) is 3.51. The van der Waals surface area contributed by atoms with E-state index in [1.807, 2.05) is 6.92 Å². The van der Waals surface area contributed by atoms with Crippen LogP contribution < -0.4 is 0 Å². The molecule has 2 atom stereocenters. The smallest absolute Gasteiger partial charge is 0.327 e. The number of nitrogens with zero attached hydrogens (tertiary/aromatic N) is 2. The predicted molar refractivity (Wildman–Crippen MR) is 75.1 cm³/mol. The normalized spacial score (nSPS) is 26.3. The lowest BCUT2D eigenvalue weighted by atomic mass is 10.2. The minimum atomic E-state index is -0.911. The van der Waals surface area contributed by atoms with Crippen LogP contribution in [0.25, 0.3) is 0 Å². The SMILES string of the molecule is C=CCN(C(=O)N1C(CC)SCC1C(=O)O)C1CC1. The van der Waals surface area contributed by atoms with Crippen LogP contribution in [0.15, 0.2) is 12.7 Å². The van der Waals surface area contributed by atoms with Crippen LogP contribution in [0, 0.1) is 0 Å². The van der Waals surface area contributed by atoms with Gasteiger partial charge in [-0.1, -0.05) is 13.0 Å². The number of thioether (sulfide) groups is 1. The van der Waals surface area contributed by atoms with E-state index >= 15 is 0 Å². The molecule has 0 aromatic rings. The molecule has 1 N–H and O–H groups in total. The standard InChI is InChI=1S/C13H20N2O3S/c1-3-7-14(9-5-6-9)13(18)15-10(12(16)17)8-19-11(15)4-2/h3,9-11H,1,4-8H2,2H3,(H,16,17). The number of carboxylic acid groups (broad SMARTS) is 1. The Morgan fingerprint density at radius 2 is 2.21 bits per heavy atom. The molecule has 0 spiro atoms. The summed E-state index contributed by atoms with van der Waals surface area (Å²) in [7, 11) is 0. The van der Waals surface area contributed by atoms with Gasteiger partial charge in [-0.25, -0.2) is 9.59 Å². The van der Waals surface area contributed by atoms with Gasteiger partial charge in [0.15, 0.2) is 0 Å². The second-order valence-corrected chi connectivity index (χ2v) is 6.12. The highest BCUT2D eigenvalue weighted by Gasteiger charge is 2.44. The van der Waals surface area contributed by atoms with Crippen LogP contribution in [0.1, 0.15) is 26.2 Å². The van der Waals surface area contributed by atoms with Gasteiger partial charge in [0.2, 0.25) is 0 Å². The molecular formula is C13H20N2O3S. The molecule has 106 valence electrons. The molecule has 1 heterocycles. The maximum absolute atomic E-state index is 12.6. The van der Waals surface area contributed by atoms with Gasteiger partial charge < -0.3 is 10.0 Å². The summed E-state index contributed by atoms with van der Waals surface area (Å²) in [6.45, 7) is 6.16. The van der Waals surface area contributed by atoms with E-state index in [1.165, 1.54) is 0 Å². The quantitative estimate of drug-likeness (QED) is 0.784. The molecule has 5 nitrogen and oxygen atoms in total. The maximum Gasteiger partial charge on any atom is 0.327 e. The van der Waals surface area contributed by atoms with E-state index in [0.717, 1.165) is 19.3 Å². The van der Waals surface area contributed by atoms with E-state index in [-0.39, 0.29) is 17.4 Å². The third-order valence-corrected chi connectivity index (χ3v) is 4.96. The van der Waals surface area contributed by atoms with Gasteiger partial charge in [0, 0.05) is 18.3 Å². The summed E-state index contributed by atoms with van der Waals surface area (Å²) in [5.74, 6) is -0.433. The molecule has 1 saturated heterocycles. The minimum Gasteiger partial charge on any atom is -0.480 e. The molecule has 6 heteroatoms. The molecule has 0 radical (unpaired) electrons. The number of carbonyl (C=O) groups is 2. The molecule has 0 bridgehead atoms. The number of carbonyl (C=O) groups excluding carboxylic acids is 1. The summed E-state index contributed by atoms with van der Waals surface area (Å²) in [6.07, 6.45) is 4.49. The zero-order valence-corrected chi connectivity index (χ0v) is 11.9. The highest BCUT2D eigenvalue weighted by atomic mass is 32.2. The van der Waals surface area contributed by atoms with Gasteiger partial charge in [0.25, 0.3) is 0 Å². The van der Waals surface area contributed by atoms with Crippen LogP contribution >= 0.6 is 11.8 Å². The van der Waals surface area contributed by atoms with Gasteiger partial charge in [0.1, 0.15) is 6.04 Å². The number of amides is 2. The molecule has 0 aromatic heterocycles. The van der Waals surface area contributed by atoms with Crippen LogP contribution in [0.3, 0.4) is 0 Å². The van der Waals surface area contributed by atoms with Crippen LogP contribution in [0.5, 0.6) is 0 Å². The monoisotopic (exact) mass is 284 g/mol. The first-order valence-electron chi connectivity index (χ1n) is 6.64. The van der Waals surface area contributed by atoms with Crippen LogP contribution in [-0.4, -0.2) is 56.7 Å². The van der Waals surface area contributed by atoms with E-state index in [4.69, 9.17) is 0 Å². The Morgan fingerprint density at radius 1 is 1.53 bits per heavy atom. The average molecular weight is 284 g/mol. The Hall–Kier alpha value is -1.17. The van der Waals surface area contributed by atoms with Crippen molar-refractivity contribution in [3.63, 3.8) is 0 Å². The molecule has 1 aliphatic carbocycles. The Bertz CT molecular complexity index is 384. The van der Waals surface area contributed by atoms with Crippen molar-refractivity contribution in [2.24, 2.45) is 0 Å². The summed E-state index contributed by atoms with van der Waals surface area (Å²) in [6, 6.07) is -0.580. The third kappa shape index (κ3) is 2.88. The molecule has 1 saturated carbocycles. The number of rotatable bonds is 5. The number of hydrogen-bond donors (Lipinski definition) is 1. The van der Waals surface area contributed by atoms with Crippen molar-refractivity contribution in [1.82, 2.24) is 9.80 Å². The molecule has 2 rings (SSSR count). The second kappa shape index (κ2) is 5.86. The number of urea groups is 1. The lowest BCUT2D eigenvalue weighted by Gasteiger charge is -2.32. The second-order valence-electron chi connectivity index (χ2n) is 4.91. The molecule has 19 heavy (non-hydrogen) atoms. The number of aliphatic carboxylic acids is 1. The average Bonchev–Trinajstić information content (AvgIpc) is 3.12. The van der Waals surface area contributed by atoms with Gasteiger partial charge in [-0.2, -0.15) is 0 Å². The fraction of sp³-hybridized carbons (Fsp3) is 0.692. The number of carboxylic acids is 1. The number of hydrogen-bond acceptors (Lipinski definition) is 3. The van der Waals surface area contributed by atoms with E-state index in [0.29, 0.717) is 12.3 Å². The molecule has 2 amide bonds. The Balaban J connectivity index is 2.16. The van der Waals surface area contributed by atoms with Crippen molar-refractivity contribution in [1.29, 1.82) is 0 Å². The van der Waals surface area contributed by atoms with Gasteiger partial charge in [-0.3, -0.25) is 4.90 Å². The first-order valence-corrected chi connectivity index (χ1v) is 7.69. The molecule has 2 unspecified atom stereocenters. The van der Waals surface area contributed by atoms with Gasteiger partial charge >= 0.3 is 12.0 Å². The topological polar surface area (TPSA) is 60.9 Å². The Morgan fingerprint density at radius 3 is 2.68 bits per heavy atom. The fourth-order valence-electron chi connectivity index (χ4n) is 2.38. The first-order chi connectivity index (χ1) is 9.10. The Kier molecular flexibility index (Phi) is 4.39. The van der Waals surface area contributed by atoms with Crippen molar-refractivity contribution in [2.45, 2.75) is 43.6 Å². The van der Waals surface area contributed by atoms with E-state index in [1.54, 1.807) is 27.6 Å². The largest absolute Gasteiger partial charge is 0.480 e. The zero-order chi connectivity index (χ0) is 14.0. The first kappa shape index (κ1) is 14.2. The van der Waals surface area contributed by atoms with E-state index in [2.05, 4.69) is 6.58 Å². The van der Waals surface area contributed by atoms with Crippen molar-refractivity contribution < 1.29 is 14.7 Å². The summed E-state index contributed by atoms with van der Waals surface area (Å²) in [4.78, 5) is 27.2. The predicted octanol–water partition coefficient (Wildman–Crippen LogP) is 1.99. The lowest BCUT2D eigenvalue weighted by molar-refractivity contribution is -0.141. The molecular weight excluding hydrogens is 264 g/mol. The fourth-order valence-corrected chi connectivity index (χ4v) is 3.72. The molecule has 1 aliphatic heterocycles. The van der Waals surface area contributed by atoms with Crippen LogP contribution in [-0.2, 0) is 4.79 Å². The van der Waals surface area contributed by atoms with Crippen LogP contribution in [0.4, 0.5) is 4.79 Å². The van der Waals surface area contributed by atoms with Gasteiger partial charge in [-0.15, -0.1) is 18.3 Å². The molecule has 2 fully saturated rings. The maximum atomic E-state index is 12.6. The Labute approximate surface area is 117 Å². The summed E-state index contributed by atoms with van der Waals surface area (Å²) >= 11 is 1.55. The van der Waals surface area contributed by atoms with Crippen molar-refractivity contribution in [3.05, 3.63) is 12.7 Å². The lowest BCUT2D eigenvalue weighted by Crippen LogP contribution is -2.52. The van der Waals surface area contributed by atoms with E-state index in [9.17, 15) is 14.7 Å². The minimum absolute atomic E-state index is 0.0281. The van der Waals surface area contributed by atoms with Crippen molar-refractivity contribution >= 4 is 23.8 Å². The molecule has 2 aliphatic rings. The van der Waals surface area contributed by atoms with Crippen molar-refractivity contribution in [2.75, 3.05) is 12.3 Å². The zero-order valence-electron chi connectivity index (χ0n) is 11.1. The highest BCUT2D eigenvalue weighted by molar-refractivity contribution is 8.00. The molecule has 0 aromatic carbocycles. The summed E-state index contributed by atoms with van der Waals surface area (Å²) < 4.78 is 0. The van der Waals surface area contributed by atoms with Gasteiger partial charge in [0.05, 0.1) is 5.37 Å². The van der Waals surface area contributed by atoms with Gasteiger partial charge in [-0.05, 0) is 19.3 Å². The van der Waals surface area contributed by atoms with Crippen molar-refractivity contribution in [3.8, 4) is 0 Å². The van der Waals surface area contributed by atoms with E-state index < -0.39 is 12.0 Å². The summed E-state index contributed by atoms with van der Waals surface area (Å²) in [5, 5.41) is 9.24. The van der Waals surface area contributed by atoms with Crippen LogP contribution in [0.2, 0.25) is 0 Å².